The van der Waals surface area contributed by atoms with Gasteiger partial charge in [0.25, 0.3) is 21.8 Å². The lowest BCUT2D eigenvalue weighted by molar-refractivity contribution is 0.0858. The van der Waals surface area contributed by atoms with Crippen molar-refractivity contribution in [2.45, 2.75) is 30.8 Å². The Labute approximate surface area is 215 Å². The fraction of sp³-hybridized carbons (Fsp3) is 0.231. The van der Waals surface area contributed by atoms with Gasteiger partial charge in [-0.1, -0.05) is 41.9 Å². The van der Waals surface area contributed by atoms with Gasteiger partial charge in [0.1, 0.15) is 4.90 Å². The monoisotopic (exact) mass is 527 g/mol. The van der Waals surface area contributed by atoms with Crippen molar-refractivity contribution in [3.05, 3.63) is 88.4 Å². The van der Waals surface area contributed by atoms with Crippen LogP contribution in [-0.4, -0.2) is 39.5 Å². The molecule has 2 amide bonds. The van der Waals surface area contributed by atoms with Crippen LogP contribution in [0.3, 0.4) is 0 Å². The topological polar surface area (TPSA) is 114 Å². The Morgan fingerprint density at radius 1 is 1.00 bits per heavy atom. The number of nitrogens with one attached hydrogen (secondary N) is 3. The van der Waals surface area contributed by atoms with Gasteiger partial charge in [-0.05, 0) is 61.7 Å². The molecule has 1 aliphatic heterocycles. The number of carbonyl (C=O) groups excluding carboxylic acids is 2. The highest BCUT2D eigenvalue weighted by atomic mass is 35.5. The van der Waals surface area contributed by atoms with Gasteiger partial charge in [-0.3, -0.25) is 14.3 Å². The van der Waals surface area contributed by atoms with E-state index in [-0.39, 0.29) is 33.1 Å². The summed E-state index contributed by atoms with van der Waals surface area (Å²) in [6, 6.07) is 17.5. The van der Waals surface area contributed by atoms with Gasteiger partial charge in [-0.2, -0.15) is 0 Å². The van der Waals surface area contributed by atoms with E-state index in [1.807, 2.05) is 0 Å². The molecule has 3 N–H and O–H groups in total. The number of hydrogen-bond donors (Lipinski definition) is 3. The first kappa shape index (κ1) is 25.7. The molecule has 36 heavy (non-hydrogen) atoms. The zero-order chi connectivity index (χ0) is 25.7. The van der Waals surface area contributed by atoms with Gasteiger partial charge in [0.15, 0.2) is 0 Å². The van der Waals surface area contributed by atoms with E-state index in [4.69, 9.17) is 16.3 Å². The van der Waals surface area contributed by atoms with Crippen LogP contribution in [0.25, 0.3) is 0 Å². The second-order valence-electron chi connectivity index (χ2n) is 8.41. The minimum atomic E-state index is -4.07. The number of amides is 2. The third-order valence-electron chi connectivity index (χ3n) is 5.81. The Hall–Kier alpha value is -3.40. The third-order valence-corrected chi connectivity index (χ3v) is 7.65. The molecular formula is C26H26ClN3O5S. The van der Waals surface area contributed by atoms with Crippen LogP contribution in [0, 0.1) is 6.92 Å². The molecule has 1 atom stereocenters. The lowest BCUT2D eigenvalue weighted by Crippen LogP contribution is -2.32. The van der Waals surface area contributed by atoms with Gasteiger partial charge in [0, 0.05) is 18.7 Å². The molecule has 10 heteroatoms. The van der Waals surface area contributed by atoms with E-state index in [2.05, 4.69) is 15.4 Å². The first-order valence-electron chi connectivity index (χ1n) is 11.4. The summed E-state index contributed by atoms with van der Waals surface area (Å²) in [5.41, 5.74) is 1.79. The SMILES string of the molecule is Cc1ccccc1NS(=O)(=O)c1cc(C(=O)Nc2ccccc2C(=O)NC[C@@H]2CCCO2)ccc1Cl. The standard InChI is InChI=1S/C26H26ClN3O5S/c1-17-7-2-4-10-22(17)30-36(33,34)24-15-18(12-13-21(24)27)25(31)29-23-11-5-3-9-20(23)26(32)28-16-19-8-6-14-35-19/h2-5,7,9-13,15,19,30H,6,8,14,16H2,1H3,(H,28,32)(H,29,31)/t19-/m0/s1. The van der Waals surface area contributed by atoms with Crippen molar-refractivity contribution in [2.75, 3.05) is 23.2 Å². The summed E-state index contributed by atoms with van der Waals surface area (Å²) in [5, 5.41) is 5.52. The number of anilines is 2. The van der Waals surface area contributed by atoms with E-state index in [1.54, 1.807) is 55.5 Å². The zero-order valence-electron chi connectivity index (χ0n) is 19.6. The summed E-state index contributed by atoms with van der Waals surface area (Å²) < 4.78 is 34.1. The van der Waals surface area contributed by atoms with Crippen molar-refractivity contribution >= 4 is 44.8 Å². The number of ether oxygens (including phenoxy) is 1. The minimum Gasteiger partial charge on any atom is -0.376 e. The maximum absolute atomic E-state index is 13.0. The highest BCUT2D eigenvalue weighted by Crippen LogP contribution is 2.27. The molecule has 0 radical (unpaired) electrons. The summed E-state index contributed by atoms with van der Waals surface area (Å²) in [4.78, 5) is 25.6. The van der Waals surface area contributed by atoms with Gasteiger partial charge in [0.05, 0.1) is 28.1 Å². The van der Waals surface area contributed by atoms with Crippen molar-refractivity contribution in [3.8, 4) is 0 Å². The van der Waals surface area contributed by atoms with Crippen molar-refractivity contribution in [2.24, 2.45) is 0 Å². The first-order chi connectivity index (χ1) is 17.2. The number of carbonyl (C=O) groups is 2. The Kier molecular flexibility index (Phi) is 7.93. The maximum atomic E-state index is 13.0. The van der Waals surface area contributed by atoms with Crippen LogP contribution < -0.4 is 15.4 Å². The molecule has 1 saturated heterocycles. The van der Waals surface area contributed by atoms with Gasteiger partial charge in [-0.15, -0.1) is 0 Å². The van der Waals surface area contributed by atoms with Crippen molar-refractivity contribution in [1.29, 1.82) is 0 Å². The molecule has 188 valence electrons. The van der Waals surface area contributed by atoms with Gasteiger partial charge < -0.3 is 15.4 Å². The summed E-state index contributed by atoms with van der Waals surface area (Å²) in [6.45, 7) is 2.84. The van der Waals surface area contributed by atoms with Crippen molar-refractivity contribution in [3.63, 3.8) is 0 Å². The zero-order valence-corrected chi connectivity index (χ0v) is 21.2. The van der Waals surface area contributed by atoms with E-state index >= 15 is 0 Å². The Balaban J connectivity index is 1.52. The van der Waals surface area contributed by atoms with Crippen LogP contribution in [0.1, 0.15) is 39.1 Å². The number of sulfonamides is 1. The predicted octanol–water partition coefficient (Wildman–Crippen LogP) is 4.61. The second-order valence-corrected chi connectivity index (χ2v) is 10.5. The molecule has 4 rings (SSSR count). The van der Waals surface area contributed by atoms with E-state index in [0.717, 1.165) is 18.4 Å². The number of halogens is 1. The van der Waals surface area contributed by atoms with Crippen LogP contribution in [-0.2, 0) is 14.8 Å². The normalized spacial score (nSPS) is 15.3. The van der Waals surface area contributed by atoms with Gasteiger partial charge in [-0.25, -0.2) is 8.42 Å². The maximum Gasteiger partial charge on any atom is 0.263 e. The lowest BCUT2D eigenvalue weighted by atomic mass is 10.1. The largest absolute Gasteiger partial charge is 0.376 e. The van der Waals surface area contributed by atoms with Crippen molar-refractivity contribution < 1.29 is 22.7 Å². The molecule has 1 aliphatic rings. The third kappa shape index (κ3) is 6.04. The van der Waals surface area contributed by atoms with Crippen LogP contribution in [0.2, 0.25) is 5.02 Å². The fourth-order valence-electron chi connectivity index (χ4n) is 3.83. The van der Waals surface area contributed by atoms with Crippen LogP contribution in [0.15, 0.2) is 71.6 Å². The molecule has 0 saturated carbocycles. The summed E-state index contributed by atoms with van der Waals surface area (Å²) in [5.74, 6) is -0.929. The second kappa shape index (κ2) is 11.1. The molecule has 0 bridgehead atoms. The molecule has 0 spiro atoms. The van der Waals surface area contributed by atoms with E-state index in [1.165, 1.54) is 18.2 Å². The number of rotatable bonds is 8. The summed E-state index contributed by atoms with van der Waals surface area (Å²) in [7, 11) is -4.07. The number of hydrogen-bond acceptors (Lipinski definition) is 5. The molecule has 1 fully saturated rings. The van der Waals surface area contributed by atoms with E-state index in [9.17, 15) is 18.0 Å². The highest BCUT2D eigenvalue weighted by Gasteiger charge is 2.22. The number of benzene rings is 3. The molecular weight excluding hydrogens is 502 g/mol. The Morgan fingerprint density at radius 3 is 2.44 bits per heavy atom. The summed E-state index contributed by atoms with van der Waals surface area (Å²) in [6.07, 6.45) is 1.84. The smallest absolute Gasteiger partial charge is 0.263 e. The highest BCUT2D eigenvalue weighted by molar-refractivity contribution is 7.92. The molecule has 3 aromatic rings. The number of aryl methyl sites for hydroxylation is 1. The molecule has 3 aromatic carbocycles. The Bertz CT molecular complexity index is 1390. The average Bonchev–Trinajstić information content (AvgIpc) is 3.38. The first-order valence-corrected chi connectivity index (χ1v) is 13.3. The van der Waals surface area contributed by atoms with Crippen LogP contribution >= 0.6 is 11.6 Å². The van der Waals surface area contributed by atoms with Crippen molar-refractivity contribution in [1.82, 2.24) is 5.32 Å². The van der Waals surface area contributed by atoms with E-state index < -0.39 is 15.9 Å². The lowest BCUT2D eigenvalue weighted by Gasteiger charge is -2.15. The summed E-state index contributed by atoms with van der Waals surface area (Å²) >= 11 is 6.19. The quantitative estimate of drug-likeness (QED) is 0.396. The minimum absolute atomic E-state index is 0.0153. The predicted molar refractivity (Wildman–Crippen MR) is 139 cm³/mol. The fourth-order valence-corrected chi connectivity index (χ4v) is 5.49. The number of para-hydroxylation sites is 2. The van der Waals surface area contributed by atoms with Gasteiger partial charge in [0.2, 0.25) is 0 Å². The van der Waals surface area contributed by atoms with E-state index in [0.29, 0.717) is 24.5 Å². The van der Waals surface area contributed by atoms with Gasteiger partial charge >= 0.3 is 0 Å². The molecule has 0 aliphatic carbocycles. The average molecular weight is 528 g/mol. The molecule has 1 heterocycles. The molecule has 0 aromatic heterocycles. The Morgan fingerprint density at radius 2 is 1.72 bits per heavy atom. The van der Waals surface area contributed by atoms with Crippen LogP contribution in [0.4, 0.5) is 11.4 Å². The molecule has 0 unspecified atom stereocenters. The molecule has 8 nitrogen and oxygen atoms in total. The van der Waals surface area contributed by atoms with Crippen LogP contribution in [0.5, 0.6) is 0 Å².